The van der Waals surface area contributed by atoms with Crippen LogP contribution < -0.4 is 4.89 Å². The molecule has 0 spiro atoms. The van der Waals surface area contributed by atoms with Crippen molar-refractivity contribution in [2.45, 2.75) is 20.3 Å². The van der Waals surface area contributed by atoms with E-state index in [1.165, 1.54) is 23.9 Å². The number of hydrogen-bond donors (Lipinski definition) is 0. The zero-order valence-electron chi connectivity index (χ0n) is 13.9. The lowest BCUT2D eigenvalue weighted by Crippen LogP contribution is -2.05. The van der Waals surface area contributed by atoms with Crippen LogP contribution in [-0.2, 0) is 16.1 Å². The molecule has 9 heteroatoms. The van der Waals surface area contributed by atoms with Crippen molar-refractivity contribution < 1.29 is 19.0 Å². The molecular formula is C17H14BrFN4O3. The second-order valence-corrected chi connectivity index (χ2v) is 6.03. The van der Waals surface area contributed by atoms with Crippen molar-refractivity contribution in [3.05, 3.63) is 52.5 Å². The van der Waals surface area contributed by atoms with Crippen LogP contribution in [0.2, 0.25) is 0 Å². The van der Waals surface area contributed by atoms with Gasteiger partial charge in [-0.05, 0) is 40.5 Å². The Balaban J connectivity index is 2.24. The summed E-state index contributed by atoms with van der Waals surface area (Å²) in [5.41, 5.74) is 2.11. The highest BCUT2D eigenvalue weighted by Crippen LogP contribution is 2.38. The Bertz CT molecular complexity index is 961. The van der Waals surface area contributed by atoms with E-state index in [1.54, 1.807) is 24.3 Å². The number of rotatable bonds is 5. The predicted molar refractivity (Wildman–Crippen MR) is 94.0 cm³/mol. The standard InChI is InChI=1S/C17H14BrFN4O3/c1-3-13-11(8-9-20-21-13)16-15(18)17(26-25-10(2)24)22-23(16)14-7-5-4-6-12(14)19/h4-9H,3H2,1-2H3. The van der Waals surface area contributed by atoms with Gasteiger partial charge in [0.2, 0.25) is 0 Å². The van der Waals surface area contributed by atoms with Crippen LogP contribution in [0.3, 0.4) is 0 Å². The molecule has 1 aromatic carbocycles. The Kier molecular flexibility index (Phi) is 5.27. The van der Waals surface area contributed by atoms with E-state index >= 15 is 0 Å². The summed E-state index contributed by atoms with van der Waals surface area (Å²) < 4.78 is 16.1. The molecule has 3 rings (SSSR count). The number of nitrogens with zero attached hydrogens (tertiary/aromatic N) is 4. The molecule has 0 amide bonds. The van der Waals surface area contributed by atoms with Gasteiger partial charge in [0.15, 0.2) is 0 Å². The molecule has 0 fully saturated rings. The lowest BCUT2D eigenvalue weighted by Gasteiger charge is -2.10. The van der Waals surface area contributed by atoms with Crippen LogP contribution in [0, 0.1) is 5.82 Å². The highest BCUT2D eigenvalue weighted by atomic mass is 79.9. The van der Waals surface area contributed by atoms with Crippen LogP contribution >= 0.6 is 15.9 Å². The molecular weight excluding hydrogens is 407 g/mol. The van der Waals surface area contributed by atoms with Crippen molar-refractivity contribution in [3.8, 4) is 22.8 Å². The van der Waals surface area contributed by atoms with E-state index in [9.17, 15) is 9.18 Å². The van der Waals surface area contributed by atoms with Gasteiger partial charge in [0, 0.05) is 12.5 Å². The van der Waals surface area contributed by atoms with Gasteiger partial charge in [0.05, 0.1) is 17.6 Å². The number of carbonyl (C=O) groups excluding carboxylic acids is 1. The van der Waals surface area contributed by atoms with Crippen LogP contribution in [0.4, 0.5) is 4.39 Å². The van der Waals surface area contributed by atoms with Gasteiger partial charge >= 0.3 is 11.8 Å². The topological polar surface area (TPSA) is 79.1 Å². The minimum absolute atomic E-state index is 0.0164. The molecule has 134 valence electrons. The first-order valence-electron chi connectivity index (χ1n) is 7.72. The zero-order valence-corrected chi connectivity index (χ0v) is 15.5. The first kappa shape index (κ1) is 18.0. The van der Waals surface area contributed by atoms with Crippen LogP contribution in [0.15, 0.2) is 41.0 Å². The van der Waals surface area contributed by atoms with Crippen LogP contribution in [0.25, 0.3) is 16.9 Å². The number of benzene rings is 1. The monoisotopic (exact) mass is 420 g/mol. The molecule has 3 aromatic rings. The summed E-state index contributed by atoms with van der Waals surface area (Å²) in [6.07, 6.45) is 2.14. The van der Waals surface area contributed by atoms with Crippen molar-refractivity contribution in [1.82, 2.24) is 20.0 Å². The largest absolute Gasteiger partial charge is 0.352 e. The van der Waals surface area contributed by atoms with E-state index in [-0.39, 0.29) is 11.6 Å². The van der Waals surface area contributed by atoms with Gasteiger partial charge in [-0.3, -0.25) is 4.89 Å². The normalized spacial score (nSPS) is 10.6. The lowest BCUT2D eigenvalue weighted by atomic mass is 10.1. The molecule has 0 aliphatic rings. The highest BCUT2D eigenvalue weighted by Gasteiger charge is 2.24. The summed E-state index contributed by atoms with van der Waals surface area (Å²) in [6.45, 7) is 3.13. The van der Waals surface area contributed by atoms with Gasteiger partial charge < -0.3 is 0 Å². The summed E-state index contributed by atoms with van der Waals surface area (Å²) in [4.78, 5) is 20.6. The number of hydrogen-bond acceptors (Lipinski definition) is 6. The van der Waals surface area contributed by atoms with Crippen molar-refractivity contribution in [3.63, 3.8) is 0 Å². The fraction of sp³-hybridized carbons (Fsp3) is 0.176. The molecule has 2 heterocycles. The maximum Gasteiger partial charge on any atom is 0.352 e. The first-order chi connectivity index (χ1) is 12.5. The van der Waals surface area contributed by atoms with Gasteiger partial charge in [0.1, 0.15) is 16.0 Å². The van der Waals surface area contributed by atoms with Gasteiger partial charge in [0.25, 0.3) is 0 Å². The molecule has 0 bridgehead atoms. The Labute approximate surface area is 156 Å². The van der Waals surface area contributed by atoms with E-state index in [2.05, 4.69) is 36.1 Å². The van der Waals surface area contributed by atoms with Gasteiger partial charge in [-0.1, -0.05) is 19.1 Å². The second kappa shape index (κ2) is 7.61. The first-order valence-corrected chi connectivity index (χ1v) is 8.51. The predicted octanol–water partition coefficient (Wildman–Crippen LogP) is 3.65. The van der Waals surface area contributed by atoms with Crippen LogP contribution in [-0.4, -0.2) is 25.9 Å². The third kappa shape index (κ3) is 3.43. The summed E-state index contributed by atoms with van der Waals surface area (Å²) >= 11 is 3.40. The van der Waals surface area contributed by atoms with E-state index in [1.807, 2.05) is 6.92 Å². The van der Waals surface area contributed by atoms with E-state index in [4.69, 9.17) is 4.89 Å². The van der Waals surface area contributed by atoms with Crippen molar-refractivity contribution in [2.24, 2.45) is 0 Å². The molecule has 0 aliphatic carbocycles. The minimum Gasteiger partial charge on any atom is -0.263 e. The third-order valence-electron chi connectivity index (χ3n) is 3.50. The average Bonchev–Trinajstić information content (AvgIpc) is 2.96. The van der Waals surface area contributed by atoms with Gasteiger partial charge in [-0.25, -0.2) is 18.8 Å². The third-order valence-corrected chi connectivity index (χ3v) is 4.22. The number of para-hydroxylation sites is 1. The summed E-state index contributed by atoms with van der Waals surface area (Å²) in [7, 11) is 0. The molecule has 0 unspecified atom stereocenters. The Morgan fingerprint density at radius 3 is 2.77 bits per heavy atom. The smallest absolute Gasteiger partial charge is 0.263 e. The number of aromatic nitrogens is 4. The molecule has 26 heavy (non-hydrogen) atoms. The van der Waals surface area contributed by atoms with Crippen molar-refractivity contribution >= 4 is 21.9 Å². The van der Waals surface area contributed by atoms with Gasteiger partial charge in [-0.2, -0.15) is 10.2 Å². The van der Waals surface area contributed by atoms with Crippen molar-refractivity contribution in [2.75, 3.05) is 0 Å². The molecule has 0 N–H and O–H groups in total. The summed E-state index contributed by atoms with van der Waals surface area (Å²) in [5.74, 6) is -1.13. The van der Waals surface area contributed by atoms with Crippen LogP contribution in [0.1, 0.15) is 19.5 Å². The Hall–Kier alpha value is -2.81. The quantitative estimate of drug-likeness (QED) is 0.462. The maximum atomic E-state index is 14.4. The molecule has 0 atom stereocenters. The highest BCUT2D eigenvalue weighted by molar-refractivity contribution is 9.10. The fourth-order valence-electron chi connectivity index (χ4n) is 2.40. The minimum atomic E-state index is -0.640. The van der Waals surface area contributed by atoms with E-state index in [0.29, 0.717) is 27.8 Å². The molecule has 0 aliphatic heterocycles. The lowest BCUT2D eigenvalue weighted by molar-refractivity contribution is -0.212. The van der Waals surface area contributed by atoms with E-state index in [0.717, 1.165) is 0 Å². The maximum absolute atomic E-state index is 14.4. The number of halogens is 2. The Morgan fingerprint density at radius 2 is 2.08 bits per heavy atom. The van der Waals surface area contributed by atoms with Gasteiger partial charge in [-0.15, -0.1) is 5.10 Å². The number of carbonyl (C=O) groups is 1. The van der Waals surface area contributed by atoms with E-state index < -0.39 is 11.8 Å². The molecule has 2 aromatic heterocycles. The summed E-state index contributed by atoms with van der Waals surface area (Å²) in [6, 6.07) is 7.93. The molecule has 0 radical (unpaired) electrons. The molecule has 0 saturated carbocycles. The SMILES string of the molecule is CCc1nnccc1-c1c(Br)c(OOC(C)=O)nn1-c1ccccc1F. The second-order valence-electron chi connectivity index (χ2n) is 5.23. The molecule has 7 nitrogen and oxygen atoms in total. The van der Waals surface area contributed by atoms with Crippen LogP contribution in [0.5, 0.6) is 5.88 Å². The average molecular weight is 421 g/mol. The molecule has 0 saturated heterocycles. The number of aryl methyl sites for hydroxylation is 1. The fourth-order valence-corrected chi connectivity index (χ4v) is 2.93. The summed E-state index contributed by atoms with van der Waals surface area (Å²) in [5, 5.41) is 12.3. The van der Waals surface area contributed by atoms with Crippen molar-refractivity contribution in [1.29, 1.82) is 0 Å². The Morgan fingerprint density at radius 1 is 1.31 bits per heavy atom. The zero-order chi connectivity index (χ0) is 18.7.